The average Bonchev–Trinajstić information content (AvgIpc) is 2.93. The topological polar surface area (TPSA) is 42.0 Å². The van der Waals surface area contributed by atoms with Gasteiger partial charge in [-0.1, -0.05) is 32.1 Å². The first-order valence-corrected chi connectivity index (χ1v) is 7.30. The molecular formula is C17H22N2O. The fraction of sp³-hybridized carbons (Fsp3) is 0.529. The Balaban J connectivity index is 1.84. The van der Waals surface area contributed by atoms with Gasteiger partial charge in [0.2, 0.25) is 5.91 Å². The fourth-order valence-corrected chi connectivity index (χ4v) is 3.92. The summed E-state index contributed by atoms with van der Waals surface area (Å²) in [6, 6.07) is 3.82. The molecule has 1 N–H and O–H groups in total. The van der Waals surface area contributed by atoms with E-state index in [4.69, 9.17) is 0 Å². The molecule has 3 nitrogen and oxygen atoms in total. The number of aryl methyl sites for hydroxylation is 1. The average molecular weight is 270 g/mol. The third-order valence-electron chi connectivity index (χ3n) is 5.48. The molecule has 20 heavy (non-hydrogen) atoms. The summed E-state index contributed by atoms with van der Waals surface area (Å²) in [5.74, 6) is 1.30. The molecule has 1 amide bonds. The van der Waals surface area contributed by atoms with Crippen LogP contribution in [-0.2, 0) is 4.79 Å². The second kappa shape index (κ2) is 4.18. The zero-order valence-electron chi connectivity index (χ0n) is 12.5. The smallest absolute Gasteiger partial charge is 0.235 e. The van der Waals surface area contributed by atoms with Crippen molar-refractivity contribution in [3.63, 3.8) is 0 Å². The molecule has 2 saturated carbocycles. The monoisotopic (exact) mass is 270 g/mol. The van der Waals surface area contributed by atoms with Gasteiger partial charge in [-0.15, -0.1) is 0 Å². The highest BCUT2D eigenvalue weighted by molar-refractivity contribution is 5.97. The molecule has 1 aromatic heterocycles. The first-order chi connectivity index (χ1) is 9.36. The fourth-order valence-electron chi connectivity index (χ4n) is 3.92. The molecule has 1 heterocycles. The molecule has 0 saturated heterocycles. The first-order valence-electron chi connectivity index (χ1n) is 7.30. The van der Waals surface area contributed by atoms with Gasteiger partial charge in [0.15, 0.2) is 0 Å². The Labute approximate surface area is 120 Å². The minimum absolute atomic E-state index is 0.0759. The summed E-state index contributed by atoms with van der Waals surface area (Å²) in [5.41, 5.74) is 1.90. The van der Waals surface area contributed by atoms with Crippen LogP contribution in [0.15, 0.2) is 30.5 Å². The van der Waals surface area contributed by atoms with Gasteiger partial charge in [0, 0.05) is 6.20 Å². The van der Waals surface area contributed by atoms with Gasteiger partial charge < -0.3 is 5.32 Å². The van der Waals surface area contributed by atoms with E-state index >= 15 is 0 Å². The normalized spacial score (nSPS) is 30.6. The molecule has 3 rings (SSSR count). The number of anilines is 1. The van der Waals surface area contributed by atoms with Crippen molar-refractivity contribution in [3.05, 3.63) is 36.0 Å². The number of rotatable bonds is 2. The summed E-state index contributed by atoms with van der Waals surface area (Å²) >= 11 is 0. The van der Waals surface area contributed by atoms with E-state index < -0.39 is 0 Å². The highest BCUT2D eigenvalue weighted by Gasteiger charge is 2.60. The van der Waals surface area contributed by atoms with E-state index in [1.807, 2.05) is 19.1 Å². The lowest BCUT2D eigenvalue weighted by atomic mass is 9.68. The second-order valence-electron chi connectivity index (χ2n) is 6.90. The van der Waals surface area contributed by atoms with Gasteiger partial charge in [-0.05, 0) is 49.1 Å². The molecule has 0 aliphatic heterocycles. The van der Waals surface area contributed by atoms with Crippen LogP contribution in [0.4, 0.5) is 5.82 Å². The van der Waals surface area contributed by atoms with Crippen LogP contribution in [0.5, 0.6) is 0 Å². The van der Waals surface area contributed by atoms with Crippen LogP contribution in [0, 0.1) is 23.7 Å². The van der Waals surface area contributed by atoms with Crippen molar-refractivity contribution >= 4 is 11.7 Å². The zero-order valence-corrected chi connectivity index (χ0v) is 12.5. The van der Waals surface area contributed by atoms with Crippen molar-refractivity contribution in [1.29, 1.82) is 0 Å². The second-order valence-corrected chi connectivity index (χ2v) is 6.90. The number of amides is 1. The Morgan fingerprint density at radius 1 is 1.45 bits per heavy atom. The van der Waals surface area contributed by atoms with Crippen LogP contribution >= 0.6 is 0 Å². The molecule has 0 unspecified atom stereocenters. The number of aromatic nitrogens is 1. The van der Waals surface area contributed by atoms with Gasteiger partial charge >= 0.3 is 0 Å². The number of nitrogens with one attached hydrogen (secondary N) is 1. The molecule has 0 spiro atoms. The number of carbonyl (C=O) groups is 1. The van der Waals surface area contributed by atoms with Crippen LogP contribution in [0.3, 0.4) is 0 Å². The van der Waals surface area contributed by atoms with E-state index in [2.05, 4.69) is 30.7 Å². The van der Waals surface area contributed by atoms with E-state index in [1.165, 1.54) is 0 Å². The zero-order chi connectivity index (χ0) is 14.5. The van der Waals surface area contributed by atoms with E-state index in [9.17, 15) is 4.79 Å². The maximum atomic E-state index is 12.8. The number of nitrogens with zero attached hydrogens (tertiary/aromatic N) is 1. The van der Waals surface area contributed by atoms with E-state index in [-0.39, 0.29) is 16.7 Å². The number of pyridine rings is 1. The number of hydrogen-bond donors (Lipinski definition) is 1. The molecule has 2 aliphatic carbocycles. The predicted molar refractivity (Wildman–Crippen MR) is 80.3 cm³/mol. The van der Waals surface area contributed by atoms with Crippen LogP contribution in [0.1, 0.15) is 38.7 Å². The van der Waals surface area contributed by atoms with E-state index in [0.717, 1.165) is 30.4 Å². The minimum Gasteiger partial charge on any atom is -0.310 e. The summed E-state index contributed by atoms with van der Waals surface area (Å²) in [6.07, 6.45) is 4.77. The Morgan fingerprint density at radius 3 is 2.75 bits per heavy atom. The molecule has 2 atom stereocenters. The molecule has 0 aromatic carbocycles. The summed E-state index contributed by atoms with van der Waals surface area (Å²) in [4.78, 5) is 17.0. The Kier molecular flexibility index (Phi) is 2.79. The molecule has 2 aliphatic rings. The predicted octanol–water partition coefficient (Wildman–Crippen LogP) is 3.71. The van der Waals surface area contributed by atoms with Gasteiger partial charge in [0.05, 0.1) is 5.41 Å². The molecular weight excluding hydrogens is 248 g/mol. The van der Waals surface area contributed by atoms with Gasteiger partial charge in [-0.2, -0.15) is 0 Å². The molecule has 1 aromatic rings. The van der Waals surface area contributed by atoms with E-state index in [0.29, 0.717) is 11.7 Å². The van der Waals surface area contributed by atoms with Crippen molar-refractivity contribution in [3.8, 4) is 0 Å². The molecule has 0 radical (unpaired) electrons. The summed E-state index contributed by atoms with van der Waals surface area (Å²) < 4.78 is 0. The highest BCUT2D eigenvalue weighted by Crippen LogP contribution is 2.65. The van der Waals surface area contributed by atoms with Crippen molar-refractivity contribution in [2.75, 3.05) is 5.32 Å². The van der Waals surface area contributed by atoms with Crippen molar-refractivity contribution in [1.82, 2.24) is 4.98 Å². The Hall–Kier alpha value is -1.64. The quantitative estimate of drug-likeness (QED) is 0.832. The molecule has 2 bridgehead atoms. The van der Waals surface area contributed by atoms with Crippen molar-refractivity contribution in [2.24, 2.45) is 16.7 Å². The lowest BCUT2D eigenvalue weighted by Gasteiger charge is -2.37. The number of fused-ring (bicyclic) bond motifs is 2. The SMILES string of the molecule is C=C1C(C)(C)[C@H]2CC[C@@]1(C(=O)Nc1ccc(C)cn1)C2. The van der Waals surface area contributed by atoms with Crippen LogP contribution in [-0.4, -0.2) is 10.9 Å². The van der Waals surface area contributed by atoms with Crippen LogP contribution in [0.2, 0.25) is 0 Å². The largest absolute Gasteiger partial charge is 0.310 e. The summed E-state index contributed by atoms with van der Waals surface area (Å²) in [7, 11) is 0. The lowest BCUT2D eigenvalue weighted by molar-refractivity contribution is -0.123. The molecule has 3 heteroatoms. The summed E-state index contributed by atoms with van der Waals surface area (Å²) in [5, 5.41) is 2.99. The van der Waals surface area contributed by atoms with Gasteiger partial charge in [-0.3, -0.25) is 4.79 Å². The minimum atomic E-state index is -0.374. The van der Waals surface area contributed by atoms with E-state index in [1.54, 1.807) is 6.20 Å². The van der Waals surface area contributed by atoms with Crippen molar-refractivity contribution < 1.29 is 4.79 Å². The molecule has 106 valence electrons. The lowest BCUT2D eigenvalue weighted by Crippen LogP contribution is -2.37. The Morgan fingerprint density at radius 2 is 2.20 bits per heavy atom. The maximum absolute atomic E-state index is 12.8. The molecule has 2 fully saturated rings. The number of hydrogen-bond acceptors (Lipinski definition) is 2. The standard InChI is InChI=1S/C17H22N2O/c1-11-5-6-14(18-10-11)19-15(20)17-8-7-13(9-17)16(3,4)12(17)2/h5-6,10,13H,2,7-9H2,1,3-4H3,(H,18,19,20)/t13-,17+/m0/s1. The summed E-state index contributed by atoms with van der Waals surface area (Å²) in [6.45, 7) is 10.7. The third kappa shape index (κ3) is 1.72. The maximum Gasteiger partial charge on any atom is 0.235 e. The number of carbonyl (C=O) groups excluding carboxylic acids is 1. The Bertz CT molecular complexity index is 573. The first kappa shape index (κ1) is 13.3. The van der Waals surface area contributed by atoms with Crippen LogP contribution in [0.25, 0.3) is 0 Å². The third-order valence-corrected chi connectivity index (χ3v) is 5.48. The van der Waals surface area contributed by atoms with Crippen LogP contribution < -0.4 is 5.32 Å². The van der Waals surface area contributed by atoms with Gasteiger partial charge in [0.25, 0.3) is 0 Å². The van der Waals surface area contributed by atoms with Crippen molar-refractivity contribution in [2.45, 2.75) is 40.0 Å². The highest BCUT2D eigenvalue weighted by atomic mass is 16.2. The van der Waals surface area contributed by atoms with Gasteiger partial charge in [0.1, 0.15) is 5.82 Å². The van der Waals surface area contributed by atoms with Gasteiger partial charge in [-0.25, -0.2) is 4.98 Å².